The third-order valence-corrected chi connectivity index (χ3v) is 5.96. The normalized spacial score (nSPS) is 11.0. The van der Waals surface area contributed by atoms with Crippen LogP contribution in [0, 0.1) is 6.92 Å². The molecule has 1 heterocycles. The van der Waals surface area contributed by atoms with E-state index in [1.165, 1.54) is 0 Å². The molecule has 5 nitrogen and oxygen atoms in total. The number of halogens is 1. The van der Waals surface area contributed by atoms with Gasteiger partial charge in [0.1, 0.15) is 11.6 Å². The van der Waals surface area contributed by atoms with E-state index in [0.717, 1.165) is 51.7 Å². The van der Waals surface area contributed by atoms with E-state index in [9.17, 15) is 4.79 Å². The zero-order valence-corrected chi connectivity index (χ0v) is 19.5. The molecule has 3 aromatic carbocycles. The third-order valence-electron chi connectivity index (χ3n) is 5.54. The Morgan fingerprint density at radius 1 is 1.06 bits per heavy atom. The standard InChI is InChI=1S/C27H28ClN3O2/c1-20-18-22(12-13-23(20)28)33-17-7-16-31-25-11-6-5-10-24(25)30-26(31)14-15-29-27(32)19-21-8-3-2-4-9-21/h2-6,8-13,18H,7,14-17,19H2,1H3,(H,29,32). The molecule has 0 aliphatic rings. The number of para-hydroxylation sites is 2. The van der Waals surface area contributed by atoms with Crippen LogP contribution in [-0.2, 0) is 24.2 Å². The maximum Gasteiger partial charge on any atom is 0.224 e. The van der Waals surface area contributed by atoms with Crippen molar-refractivity contribution in [1.29, 1.82) is 0 Å². The summed E-state index contributed by atoms with van der Waals surface area (Å²) < 4.78 is 8.14. The molecule has 0 bridgehead atoms. The maximum absolute atomic E-state index is 12.3. The monoisotopic (exact) mass is 461 g/mol. The van der Waals surface area contributed by atoms with Crippen molar-refractivity contribution in [3.63, 3.8) is 0 Å². The summed E-state index contributed by atoms with van der Waals surface area (Å²) in [5, 5.41) is 3.77. The molecule has 0 spiro atoms. The first-order chi connectivity index (χ1) is 16.1. The van der Waals surface area contributed by atoms with Crippen molar-refractivity contribution in [2.45, 2.75) is 32.7 Å². The van der Waals surface area contributed by atoms with Crippen molar-refractivity contribution in [3.05, 3.63) is 94.8 Å². The van der Waals surface area contributed by atoms with Crippen LogP contribution in [0.3, 0.4) is 0 Å². The second kappa shape index (κ2) is 11.0. The molecule has 0 aliphatic heterocycles. The molecule has 0 unspecified atom stereocenters. The quantitative estimate of drug-likeness (QED) is 0.323. The fourth-order valence-electron chi connectivity index (χ4n) is 3.84. The second-order valence-corrected chi connectivity index (χ2v) is 8.45. The van der Waals surface area contributed by atoms with E-state index >= 15 is 0 Å². The molecule has 4 aromatic rings. The number of nitrogens with zero attached hydrogens (tertiary/aromatic N) is 2. The van der Waals surface area contributed by atoms with Crippen molar-refractivity contribution in [3.8, 4) is 5.75 Å². The molecule has 6 heteroatoms. The van der Waals surface area contributed by atoms with Gasteiger partial charge in [0.2, 0.25) is 5.91 Å². The lowest BCUT2D eigenvalue weighted by Crippen LogP contribution is -2.28. The van der Waals surface area contributed by atoms with E-state index < -0.39 is 0 Å². The van der Waals surface area contributed by atoms with Crippen LogP contribution in [-0.4, -0.2) is 28.6 Å². The summed E-state index contributed by atoms with van der Waals surface area (Å²) in [5.74, 6) is 1.82. The van der Waals surface area contributed by atoms with Crippen molar-refractivity contribution in [1.82, 2.24) is 14.9 Å². The molecule has 0 fully saturated rings. The van der Waals surface area contributed by atoms with E-state index in [0.29, 0.717) is 26.0 Å². The van der Waals surface area contributed by atoms with Crippen LogP contribution in [0.1, 0.15) is 23.4 Å². The highest BCUT2D eigenvalue weighted by Crippen LogP contribution is 2.21. The van der Waals surface area contributed by atoms with Gasteiger partial charge in [-0.3, -0.25) is 4.79 Å². The minimum absolute atomic E-state index is 0.0236. The van der Waals surface area contributed by atoms with Gasteiger partial charge in [-0.05, 0) is 54.8 Å². The summed E-state index contributed by atoms with van der Waals surface area (Å²) in [7, 11) is 0. The molecule has 1 amide bonds. The Hall–Kier alpha value is -3.31. The average molecular weight is 462 g/mol. The van der Waals surface area contributed by atoms with E-state index in [1.807, 2.05) is 73.7 Å². The number of carbonyl (C=O) groups is 1. The van der Waals surface area contributed by atoms with E-state index in [2.05, 4.69) is 16.0 Å². The van der Waals surface area contributed by atoms with Gasteiger partial charge < -0.3 is 14.6 Å². The maximum atomic E-state index is 12.3. The Labute approximate surface area is 199 Å². The highest BCUT2D eigenvalue weighted by Gasteiger charge is 2.11. The van der Waals surface area contributed by atoms with Gasteiger partial charge in [0.05, 0.1) is 24.1 Å². The summed E-state index contributed by atoms with van der Waals surface area (Å²) in [6.45, 7) is 3.91. The number of hydrogen-bond donors (Lipinski definition) is 1. The molecule has 33 heavy (non-hydrogen) atoms. The topological polar surface area (TPSA) is 56.1 Å². The van der Waals surface area contributed by atoms with Gasteiger partial charge in [0.15, 0.2) is 0 Å². The number of carbonyl (C=O) groups excluding carboxylic acids is 1. The van der Waals surface area contributed by atoms with Crippen LogP contribution in [0.5, 0.6) is 5.75 Å². The van der Waals surface area contributed by atoms with Gasteiger partial charge in [-0.15, -0.1) is 0 Å². The van der Waals surface area contributed by atoms with E-state index in [-0.39, 0.29) is 5.91 Å². The molecular formula is C27H28ClN3O2. The van der Waals surface area contributed by atoms with Crippen LogP contribution in [0.15, 0.2) is 72.8 Å². The smallest absolute Gasteiger partial charge is 0.224 e. The number of nitrogens with one attached hydrogen (secondary N) is 1. The van der Waals surface area contributed by atoms with Crippen LogP contribution < -0.4 is 10.1 Å². The van der Waals surface area contributed by atoms with Gasteiger partial charge >= 0.3 is 0 Å². The number of aromatic nitrogens is 2. The number of hydrogen-bond acceptors (Lipinski definition) is 3. The summed E-state index contributed by atoms with van der Waals surface area (Å²) in [5.41, 5.74) is 4.09. The average Bonchev–Trinajstić information content (AvgIpc) is 3.17. The Bertz CT molecular complexity index is 1220. The number of imidazole rings is 1. The molecule has 1 N–H and O–H groups in total. The molecule has 0 atom stereocenters. The molecular weight excluding hydrogens is 434 g/mol. The lowest BCUT2D eigenvalue weighted by molar-refractivity contribution is -0.120. The Morgan fingerprint density at radius 2 is 1.85 bits per heavy atom. The lowest BCUT2D eigenvalue weighted by atomic mass is 10.1. The zero-order chi connectivity index (χ0) is 23.0. The SMILES string of the molecule is Cc1cc(OCCCn2c(CCNC(=O)Cc3ccccc3)nc3ccccc32)ccc1Cl. The Balaban J connectivity index is 1.34. The first kappa shape index (κ1) is 22.9. The van der Waals surface area contributed by atoms with Gasteiger partial charge in [-0.1, -0.05) is 54.1 Å². The van der Waals surface area contributed by atoms with Crippen LogP contribution in [0.4, 0.5) is 0 Å². The van der Waals surface area contributed by atoms with Crippen molar-refractivity contribution in [2.24, 2.45) is 0 Å². The minimum Gasteiger partial charge on any atom is -0.494 e. The Kier molecular flexibility index (Phi) is 7.63. The summed E-state index contributed by atoms with van der Waals surface area (Å²) >= 11 is 6.09. The first-order valence-corrected chi connectivity index (χ1v) is 11.6. The van der Waals surface area contributed by atoms with E-state index in [4.69, 9.17) is 21.3 Å². The summed E-state index contributed by atoms with van der Waals surface area (Å²) in [6, 6.07) is 23.6. The predicted octanol–water partition coefficient (Wildman–Crippen LogP) is 5.37. The number of rotatable bonds is 10. The third kappa shape index (κ3) is 6.14. The molecule has 0 saturated carbocycles. The van der Waals surface area contributed by atoms with Crippen molar-refractivity contribution in [2.75, 3.05) is 13.2 Å². The molecule has 170 valence electrons. The number of fused-ring (bicyclic) bond motifs is 1. The number of ether oxygens (including phenoxy) is 1. The molecule has 0 aliphatic carbocycles. The fraction of sp³-hybridized carbons (Fsp3) is 0.259. The fourth-order valence-corrected chi connectivity index (χ4v) is 3.96. The van der Waals surface area contributed by atoms with Crippen molar-refractivity contribution >= 4 is 28.5 Å². The Morgan fingerprint density at radius 3 is 2.67 bits per heavy atom. The molecule has 0 saturated heterocycles. The lowest BCUT2D eigenvalue weighted by Gasteiger charge is -2.11. The summed E-state index contributed by atoms with van der Waals surface area (Å²) in [6.07, 6.45) is 1.90. The van der Waals surface area contributed by atoms with Crippen LogP contribution >= 0.6 is 11.6 Å². The van der Waals surface area contributed by atoms with Crippen LogP contribution in [0.25, 0.3) is 11.0 Å². The zero-order valence-electron chi connectivity index (χ0n) is 18.8. The highest BCUT2D eigenvalue weighted by atomic mass is 35.5. The molecule has 1 aromatic heterocycles. The highest BCUT2D eigenvalue weighted by molar-refractivity contribution is 6.31. The number of aryl methyl sites for hydroxylation is 2. The molecule has 4 rings (SSSR count). The van der Waals surface area contributed by atoms with Gasteiger partial charge in [-0.25, -0.2) is 4.98 Å². The largest absolute Gasteiger partial charge is 0.494 e. The van der Waals surface area contributed by atoms with Crippen molar-refractivity contribution < 1.29 is 9.53 Å². The summed E-state index contributed by atoms with van der Waals surface area (Å²) in [4.78, 5) is 17.1. The molecule has 0 radical (unpaired) electrons. The van der Waals surface area contributed by atoms with Gasteiger partial charge in [0, 0.05) is 24.5 Å². The number of benzene rings is 3. The predicted molar refractivity (Wildman–Crippen MR) is 133 cm³/mol. The van der Waals surface area contributed by atoms with Gasteiger partial charge in [-0.2, -0.15) is 0 Å². The minimum atomic E-state index is 0.0236. The number of amides is 1. The second-order valence-electron chi connectivity index (χ2n) is 8.04. The van der Waals surface area contributed by atoms with E-state index in [1.54, 1.807) is 0 Å². The van der Waals surface area contributed by atoms with Crippen LogP contribution in [0.2, 0.25) is 5.02 Å². The first-order valence-electron chi connectivity index (χ1n) is 11.2. The van der Waals surface area contributed by atoms with Gasteiger partial charge in [0.25, 0.3) is 0 Å².